The molecule has 3 heteroatoms. The Hall–Kier alpha value is -1.61. The molecule has 18 heavy (non-hydrogen) atoms. The first-order chi connectivity index (χ1) is 8.41. The number of benzene rings is 1. The minimum atomic E-state index is 0.183. The van der Waals surface area contributed by atoms with E-state index in [0.29, 0.717) is 6.54 Å². The van der Waals surface area contributed by atoms with Crippen LogP contribution in [-0.2, 0) is 19.0 Å². The van der Waals surface area contributed by atoms with Crippen molar-refractivity contribution in [3.63, 3.8) is 0 Å². The normalized spacial score (nSPS) is 11.8. The zero-order valence-electron chi connectivity index (χ0n) is 11.6. The Morgan fingerprint density at radius 1 is 1.17 bits per heavy atom. The molecule has 0 amide bonds. The average molecular weight is 243 g/mol. The van der Waals surface area contributed by atoms with E-state index >= 15 is 0 Å². The summed E-state index contributed by atoms with van der Waals surface area (Å²) in [5.41, 5.74) is 9.18. The van der Waals surface area contributed by atoms with Gasteiger partial charge >= 0.3 is 0 Å². The third-order valence-electron chi connectivity index (χ3n) is 3.14. The molecule has 1 aromatic heterocycles. The number of aromatic nitrogens is 2. The van der Waals surface area contributed by atoms with Gasteiger partial charge in [-0.1, -0.05) is 45.0 Å². The monoisotopic (exact) mass is 243 g/mol. The van der Waals surface area contributed by atoms with Gasteiger partial charge in [-0.05, 0) is 11.0 Å². The summed E-state index contributed by atoms with van der Waals surface area (Å²) in [6, 6.07) is 8.60. The van der Waals surface area contributed by atoms with Crippen LogP contribution in [0.2, 0.25) is 0 Å². The van der Waals surface area contributed by atoms with Crippen LogP contribution < -0.4 is 5.73 Å². The molecule has 0 radical (unpaired) electrons. The lowest BCUT2D eigenvalue weighted by Gasteiger charge is -2.19. The van der Waals surface area contributed by atoms with Gasteiger partial charge in [0, 0.05) is 25.4 Å². The fourth-order valence-electron chi connectivity index (χ4n) is 2.01. The Balaban J connectivity index is 2.37. The predicted molar refractivity (Wildman–Crippen MR) is 75.2 cm³/mol. The van der Waals surface area contributed by atoms with Crippen molar-refractivity contribution in [1.29, 1.82) is 0 Å². The Bertz CT molecular complexity index is 530. The molecule has 0 fully saturated rings. The summed E-state index contributed by atoms with van der Waals surface area (Å²) in [5, 5.41) is 0. The van der Waals surface area contributed by atoms with Crippen LogP contribution >= 0.6 is 0 Å². The summed E-state index contributed by atoms with van der Waals surface area (Å²) in [7, 11) is 2.00. The number of nitrogens with zero attached hydrogens (tertiary/aromatic N) is 2. The van der Waals surface area contributed by atoms with Gasteiger partial charge in [-0.25, -0.2) is 4.98 Å². The lowest BCUT2D eigenvalue weighted by molar-refractivity contribution is 0.590. The number of hydrogen-bond donors (Lipinski definition) is 1. The van der Waals surface area contributed by atoms with E-state index in [4.69, 9.17) is 5.73 Å². The lowest BCUT2D eigenvalue weighted by atomic mass is 9.87. The van der Waals surface area contributed by atoms with Crippen molar-refractivity contribution in [2.24, 2.45) is 12.8 Å². The Morgan fingerprint density at radius 2 is 1.78 bits per heavy atom. The average Bonchev–Trinajstić information content (AvgIpc) is 2.70. The van der Waals surface area contributed by atoms with Crippen LogP contribution in [0.1, 0.15) is 32.0 Å². The summed E-state index contributed by atoms with van der Waals surface area (Å²) >= 11 is 0. The van der Waals surface area contributed by atoms with Crippen molar-refractivity contribution < 1.29 is 0 Å². The van der Waals surface area contributed by atoms with Crippen molar-refractivity contribution in [1.82, 2.24) is 9.55 Å². The smallest absolute Gasteiger partial charge is 0.140 e. The molecule has 2 aromatic rings. The largest absolute Gasteiger partial charge is 0.334 e. The van der Waals surface area contributed by atoms with Crippen LogP contribution in [0.4, 0.5) is 0 Å². The quantitative estimate of drug-likeness (QED) is 0.881. The highest BCUT2D eigenvalue weighted by Gasteiger charge is 2.14. The Labute approximate surface area is 109 Å². The SMILES string of the molecule is Cn1cc(CN)nc1-c1ccc(C(C)(C)C)cc1. The predicted octanol–water partition coefficient (Wildman–Crippen LogP) is 2.84. The molecule has 0 saturated carbocycles. The summed E-state index contributed by atoms with van der Waals surface area (Å²) in [5.74, 6) is 0.968. The van der Waals surface area contributed by atoms with E-state index in [0.717, 1.165) is 17.1 Å². The zero-order valence-corrected chi connectivity index (χ0v) is 11.6. The van der Waals surface area contributed by atoms with E-state index in [-0.39, 0.29) is 5.41 Å². The molecule has 1 heterocycles. The van der Waals surface area contributed by atoms with E-state index in [1.165, 1.54) is 5.56 Å². The third-order valence-corrected chi connectivity index (χ3v) is 3.14. The molecule has 1 aromatic carbocycles. The van der Waals surface area contributed by atoms with E-state index in [1.54, 1.807) is 0 Å². The van der Waals surface area contributed by atoms with Crippen molar-refractivity contribution >= 4 is 0 Å². The molecule has 0 aliphatic heterocycles. The van der Waals surface area contributed by atoms with Crippen LogP contribution in [0.15, 0.2) is 30.5 Å². The second-order valence-corrected chi connectivity index (χ2v) is 5.70. The summed E-state index contributed by atoms with van der Waals surface area (Å²) < 4.78 is 2.02. The van der Waals surface area contributed by atoms with Gasteiger partial charge in [0.2, 0.25) is 0 Å². The summed E-state index contributed by atoms with van der Waals surface area (Å²) in [6.45, 7) is 7.13. The van der Waals surface area contributed by atoms with Gasteiger partial charge in [0.05, 0.1) is 5.69 Å². The van der Waals surface area contributed by atoms with Gasteiger partial charge in [-0.3, -0.25) is 0 Å². The number of aryl methyl sites for hydroxylation is 1. The van der Waals surface area contributed by atoms with Gasteiger partial charge in [0.15, 0.2) is 0 Å². The molecule has 0 aliphatic rings. The van der Waals surface area contributed by atoms with Gasteiger partial charge in [-0.15, -0.1) is 0 Å². The molecule has 2 rings (SSSR count). The second-order valence-electron chi connectivity index (χ2n) is 5.70. The number of hydrogen-bond acceptors (Lipinski definition) is 2. The summed E-state index contributed by atoms with van der Waals surface area (Å²) in [6.07, 6.45) is 1.98. The second kappa shape index (κ2) is 4.58. The molecule has 0 spiro atoms. The highest BCUT2D eigenvalue weighted by molar-refractivity contribution is 5.57. The van der Waals surface area contributed by atoms with Crippen molar-refractivity contribution in [3.05, 3.63) is 41.7 Å². The molecular weight excluding hydrogens is 222 g/mol. The maximum absolute atomic E-state index is 5.62. The highest BCUT2D eigenvalue weighted by atomic mass is 15.0. The molecule has 0 atom stereocenters. The standard InChI is InChI=1S/C15H21N3/c1-15(2,3)12-7-5-11(6-8-12)14-17-13(9-16)10-18(14)4/h5-8,10H,9,16H2,1-4H3. The Kier molecular flexibility index (Phi) is 3.26. The van der Waals surface area contributed by atoms with Gasteiger partial charge in [0.1, 0.15) is 5.82 Å². The maximum atomic E-state index is 5.62. The molecular formula is C15H21N3. The van der Waals surface area contributed by atoms with Gasteiger partial charge < -0.3 is 10.3 Å². The van der Waals surface area contributed by atoms with E-state index in [2.05, 4.69) is 50.0 Å². The highest BCUT2D eigenvalue weighted by Crippen LogP contribution is 2.25. The first kappa shape index (κ1) is 12.8. The minimum absolute atomic E-state index is 0.183. The first-order valence-electron chi connectivity index (χ1n) is 6.25. The molecule has 96 valence electrons. The Morgan fingerprint density at radius 3 is 2.22 bits per heavy atom. The summed E-state index contributed by atoms with van der Waals surface area (Å²) in [4.78, 5) is 4.53. The van der Waals surface area contributed by atoms with Crippen molar-refractivity contribution in [2.75, 3.05) is 0 Å². The van der Waals surface area contributed by atoms with E-state index in [1.807, 2.05) is 17.8 Å². The van der Waals surface area contributed by atoms with Crippen LogP contribution in [-0.4, -0.2) is 9.55 Å². The van der Waals surface area contributed by atoms with Crippen molar-refractivity contribution in [2.45, 2.75) is 32.7 Å². The van der Waals surface area contributed by atoms with E-state index < -0.39 is 0 Å². The maximum Gasteiger partial charge on any atom is 0.140 e. The van der Waals surface area contributed by atoms with Crippen LogP contribution in [0, 0.1) is 0 Å². The minimum Gasteiger partial charge on any atom is -0.334 e. The first-order valence-corrected chi connectivity index (χ1v) is 6.25. The fraction of sp³-hybridized carbons (Fsp3) is 0.400. The van der Waals surface area contributed by atoms with E-state index in [9.17, 15) is 0 Å². The number of nitrogens with two attached hydrogens (primary N) is 1. The number of imidazole rings is 1. The van der Waals surface area contributed by atoms with Crippen LogP contribution in [0.5, 0.6) is 0 Å². The van der Waals surface area contributed by atoms with Gasteiger partial charge in [0.25, 0.3) is 0 Å². The van der Waals surface area contributed by atoms with Crippen LogP contribution in [0.3, 0.4) is 0 Å². The van der Waals surface area contributed by atoms with Crippen LogP contribution in [0.25, 0.3) is 11.4 Å². The molecule has 0 saturated heterocycles. The molecule has 3 nitrogen and oxygen atoms in total. The molecule has 2 N–H and O–H groups in total. The van der Waals surface area contributed by atoms with Gasteiger partial charge in [-0.2, -0.15) is 0 Å². The topological polar surface area (TPSA) is 43.8 Å². The number of rotatable bonds is 2. The van der Waals surface area contributed by atoms with Crippen molar-refractivity contribution in [3.8, 4) is 11.4 Å². The molecule has 0 aliphatic carbocycles. The fourth-order valence-corrected chi connectivity index (χ4v) is 2.01. The third kappa shape index (κ3) is 2.46. The molecule has 0 bridgehead atoms. The zero-order chi connectivity index (χ0) is 13.3. The lowest BCUT2D eigenvalue weighted by Crippen LogP contribution is -2.10. The molecule has 0 unspecified atom stereocenters.